The molecule has 120 valence electrons. The molecule has 6 heteroatoms. The van der Waals surface area contributed by atoms with Gasteiger partial charge in [0.05, 0.1) is 6.20 Å². The summed E-state index contributed by atoms with van der Waals surface area (Å²) >= 11 is 6.15. The van der Waals surface area contributed by atoms with Crippen LogP contribution >= 0.6 is 24.0 Å². The average Bonchev–Trinajstić information content (AvgIpc) is 2.80. The summed E-state index contributed by atoms with van der Waals surface area (Å²) in [7, 11) is 1.99. The molecular weight excluding hydrogens is 319 g/mol. The van der Waals surface area contributed by atoms with Gasteiger partial charge >= 0.3 is 0 Å². The van der Waals surface area contributed by atoms with E-state index in [1.54, 1.807) is 0 Å². The minimum absolute atomic E-state index is 0. The van der Waals surface area contributed by atoms with Crippen LogP contribution in [0.15, 0.2) is 30.5 Å². The maximum Gasteiger partial charge on any atom is 0.0537 e. The summed E-state index contributed by atoms with van der Waals surface area (Å²) in [6, 6.07) is 8.54. The highest BCUT2D eigenvalue weighted by atomic mass is 35.5. The molecule has 1 aliphatic rings. The molecule has 1 saturated heterocycles. The molecule has 2 heterocycles. The molecule has 0 saturated carbocycles. The Bertz CT molecular complexity index is 626. The van der Waals surface area contributed by atoms with Crippen LogP contribution in [0.5, 0.6) is 0 Å². The summed E-state index contributed by atoms with van der Waals surface area (Å²) in [6.07, 6.45) is 1.98. The predicted octanol–water partition coefficient (Wildman–Crippen LogP) is 2.95. The SMILES string of the molecule is Cc1c(CN2CCNCC2c2cccc(Cl)c2)cnn1C.Cl. The zero-order valence-electron chi connectivity index (χ0n) is 12.9. The van der Waals surface area contributed by atoms with Crippen molar-refractivity contribution in [1.29, 1.82) is 0 Å². The number of aromatic nitrogens is 2. The van der Waals surface area contributed by atoms with Crippen LogP contribution < -0.4 is 5.32 Å². The first kappa shape index (κ1) is 17.3. The summed E-state index contributed by atoms with van der Waals surface area (Å²) < 4.78 is 1.94. The molecule has 1 fully saturated rings. The highest BCUT2D eigenvalue weighted by molar-refractivity contribution is 6.30. The standard InChI is InChI=1S/C16H21ClN4.ClH/c1-12-14(9-19-20(12)2)11-21-7-6-18-10-16(21)13-4-3-5-15(17)8-13;/h3-5,8-9,16,18H,6-7,10-11H2,1-2H3;1H. The van der Waals surface area contributed by atoms with E-state index in [1.165, 1.54) is 16.8 Å². The Balaban J connectivity index is 0.00000176. The Kier molecular flexibility index (Phi) is 5.87. The first-order valence-electron chi connectivity index (χ1n) is 7.33. The van der Waals surface area contributed by atoms with Crippen LogP contribution in [0, 0.1) is 6.92 Å². The molecule has 1 atom stereocenters. The Morgan fingerprint density at radius 1 is 1.41 bits per heavy atom. The van der Waals surface area contributed by atoms with Crippen molar-refractivity contribution in [3.05, 3.63) is 52.3 Å². The minimum atomic E-state index is 0. The fourth-order valence-electron chi connectivity index (χ4n) is 2.90. The Labute approximate surface area is 142 Å². The van der Waals surface area contributed by atoms with Crippen molar-refractivity contribution in [2.75, 3.05) is 19.6 Å². The summed E-state index contributed by atoms with van der Waals surface area (Å²) in [5, 5.41) is 8.63. The van der Waals surface area contributed by atoms with Gasteiger partial charge in [-0.2, -0.15) is 5.10 Å². The van der Waals surface area contributed by atoms with Gasteiger partial charge in [-0.25, -0.2) is 0 Å². The van der Waals surface area contributed by atoms with Crippen molar-refractivity contribution in [1.82, 2.24) is 20.0 Å². The van der Waals surface area contributed by atoms with E-state index < -0.39 is 0 Å². The number of nitrogens with one attached hydrogen (secondary N) is 1. The molecule has 1 unspecified atom stereocenters. The van der Waals surface area contributed by atoms with E-state index in [2.05, 4.69) is 34.4 Å². The molecule has 1 aromatic heterocycles. The van der Waals surface area contributed by atoms with Crippen LogP contribution in [-0.4, -0.2) is 34.3 Å². The van der Waals surface area contributed by atoms with Gasteiger partial charge in [0.15, 0.2) is 0 Å². The van der Waals surface area contributed by atoms with E-state index in [9.17, 15) is 0 Å². The third-order valence-electron chi connectivity index (χ3n) is 4.30. The zero-order valence-corrected chi connectivity index (χ0v) is 14.5. The number of benzene rings is 1. The fourth-order valence-corrected chi connectivity index (χ4v) is 3.10. The van der Waals surface area contributed by atoms with Crippen LogP contribution in [-0.2, 0) is 13.6 Å². The van der Waals surface area contributed by atoms with E-state index in [0.29, 0.717) is 6.04 Å². The third kappa shape index (κ3) is 3.63. The summed E-state index contributed by atoms with van der Waals surface area (Å²) in [5.41, 5.74) is 3.81. The number of halogens is 2. The summed E-state index contributed by atoms with van der Waals surface area (Å²) in [5.74, 6) is 0. The fraction of sp³-hybridized carbons (Fsp3) is 0.438. The van der Waals surface area contributed by atoms with Crippen LogP contribution in [0.2, 0.25) is 5.02 Å². The normalized spacial score (nSPS) is 19.0. The number of hydrogen-bond acceptors (Lipinski definition) is 3. The van der Waals surface area contributed by atoms with Crippen LogP contribution in [0.3, 0.4) is 0 Å². The van der Waals surface area contributed by atoms with Gasteiger partial charge in [0.2, 0.25) is 0 Å². The van der Waals surface area contributed by atoms with E-state index in [-0.39, 0.29) is 12.4 Å². The zero-order chi connectivity index (χ0) is 14.8. The molecular formula is C16H22Cl2N4. The molecule has 2 aromatic rings. The lowest BCUT2D eigenvalue weighted by Crippen LogP contribution is -2.45. The molecule has 0 amide bonds. The van der Waals surface area contributed by atoms with Gasteiger partial charge < -0.3 is 5.32 Å². The largest absolute Gasteiger partial charge is 0.314 e. The smallest absolute Gasteiger partial charge is 0.0537 e. The summed E-state index contributed by atoms with van der Waals surface area (Å²) in [4.78, 5) is 2.51. The number of piperazine rings is 1. The van der Waals surface area contributed by atoms with Crippen molar-refractivity contribution in [3.63, 3.8) is 0 Å². The highest BCUT2D eigenvalue weighted by Gasteiger charge is 2.24. The van der Waals surface area contributed by atoms with E-state index in [4.69, 9.17) is 11.6 Å². The van der Waals surface area contributed by atoms with Gasteiger partial charge in [-0.05, 0) is 24.6 Å². The second-order valence-corrected chi connectivity index (χ2v) is 6.06. The Morgan fingerprint density at radius 3 is 2.91 bits per heavy atom. The first-order chi connectivity index (χ1) is 10.1. The lowest BCUT2D eigenvalue weighted by Gasteiger charge is -2.36. The van der Waals surface area contributed by atoms with Crippen molar-refractivity contribution < 1.29 is 0 Å². The average molecular weight is 341 g/mol. The number of hydrogen-bond donors (Lipinski definition) is 1. The Morgan fingerprint density at radius 2 is 2.23 bits per heavy atom. The van der Waals surface area contributed by atoms with Gasteiger partial charge in [0.1, 0.15) is 0 Å². The second-order valence-electron chi connectivity index (χ2n) is 5.62. The third-order valence-corrected chi connectivity index (χ3v) is 4.53. The van der Waals surface area contributed by atoms with E-state index in [0.717, 1.165) is 31.2 Å². The van der Waals surface area contributed by atoms with Crippen molar-refractivity contribution in [2.45, 2.75) is 19.5 Å². The maximum absolute atomic E-state index is 6.15. The molecule has 0 spiro atoms. The molecule has 1 aromatic carbocycles. The molecule has 0 aliphatic carbocycles. The van der Waals surface area contributed by atoms with Crippen molar-refractivity contribution in [2.24, 2.45) is 7.05 Å². The Hall–Kier alpha value is -1.07. The molecule has 1 N–H and O–H groups in total. The molecule has 0 bridgehead atoms. The molecule has 4 nitrogen and oxygen atoms in total. The maximum atomic E-state index is 6.15. The first-order valence-corrected chi connectivity index (χ1v) is 7.70. The van der Waals surface area contributed by atoms with Crippen molar-refractivity contribution >= 4 is 24.0 Å². The van der Waals surface area contributed by atoms with E-state index in [1.807, 2.05) is 30.1 Å². The monoisotopic (exact) mass is 340 g/mol. The highest BCUT2D eigenvalue weighted by Crippen LogP contribution is 2.26. The van der Waals surface area contributed by atoms with Gasteiger partial charge in [-0.15, -0.1) is 12.4 Å². The quantitative estimate of drug-likeness (QED) is 0.932. The van der Waals surface area contributed by atoms with Crippen LogP contribution in [0.1, 0.15) is 22.9 Å². The summed E-state index contributed by atoms with van der Waals surface area (Å²) in [6.45, 7) is 6.07. The lowest BCUT2D eigenvalue weighted by molar-refractivity contribution is 0.153. The van der Waals surface area contributed by atoms with Gasteiger partial charge in [0, 0.05) is 55.5 Å². The van der Waals surface area contributed by atoms with Crippen LogP contribution in [0.25, 0.3) is 0 Å². The number of aryl methyl sites for hydroxylation is 1. The second kappa shape index (κ2) is 7.47. The predicted molar refractivity (Wildman–Crippen MR) is 92.7 cm³/mol. The topological polar surface area (TPSA) is 33.1 Å². The molecule has 22 heavy (non-hydrogen) atoms. The van der Waals surface area contributed by atoms with Gasteiger partial charge in [0.25, 0.3) is 0 Å². The minimum Gasteiger partial charge on any atom is -0.314 e. The molecule has 1 aliphatic heterocycles. The van der Waals surface area contributed by atoms with Crippen molar-refractivity contribution in [3.8, 4) is 0 Å². The van der Waals surface area contributed by atoms with E-state index >= 15 is 0 Å². The number of nitrogens with zero attached hydrogens (tertiary/aromatic N) is 3. The van der Waals surface area contributed by atoms with Crippen LogP contribution in [0.4, 0.5) is 0 Å². The lowest BCUT2D eigenvalue weighted by atomic mass is 10.0. The molecule has 3 rings (SSSR count). The number of rotatable bonds is 3. The molecule has 0 radical (unpaired) electrons. The van der Waals surface area contributed by atoms with Gasteiger partial charge in [-0.1, -0.05) is 23.7 Å². The van der Waals surface area contributed by atoms with Gasteiger partial charge in [-0.3, -0.25) is 9.58 Å².